The van der Waals surface area contributed by atoms with E-state index in [9.17, 15) is 13.2 Å². The molecule has 1 heterocycles. The van der Waals surface area contributed by atoms with Crippen molar-refractivity contribution in [3.05, 3.63) is 94.0 Å². The highest BCUT2D eigenvalue weighted by atomic mass is 35.5. The average molecular weight is 591 g/mol. The third-order valence-corrected chi connectivity index (χ3v) is 8.88. The lowest BCUT2D eigenvalue weighted by atomic mass is 10.2. The van der Waals surface area contributed by atoms with E-state index in [2.05, 4.69) is 20.5 Å². The molecule has 1 amide bonds. The highest BCUT2D eigenvalue weighted by molar-refractivity contribution is 7.99. The molecule has 3 aromatic carbocycles. The smallest absolute Gasteiger partial charge is 0.243 e. The molecule has 0 saturated carbocycles. The highest BCUT2D eigenvalue weighted by Gasteiger charge is 2.27. The molecule has 0 saturated heterocycles. The summed E-state index contributed by atoms with van der Waals surface area (Å²) >= 11 is 13.5. The first kappa shape index (κ1) is 28.1. The van der Waals surface area contributed by atoms with Crippen molar-refractivity contribution >= 4 is 50.9 Å². The largest absolute Gasteiger partial charge is 0.354 e. The summed E-state index contributed by atoms with van der Waals surface area (Å²) < 4.78 is 28.0. The van der Waals surface area contributed by atoms with Gasteiger partial charge in [0, 0.05) is 24.4 Å². The number of amides is 1. The lowest BCUT2D eigenvalue weighted by Gasteiger charge is -2.22. The molecule has 198 valence electrons. The maximum absolute atomic E-state index is 13.4. The second-order valence-corrected chi connectivity index (χ2v) is 12.2. The maximum Gasteiger partial charge on any atom is 0.243 e. The Morgan fingerprint density at radius 2 is 1.76 bits per heavy atom. The number of H-pyrrole nitrogens is 1. The Kier molecular flexibility index (Phi) is 9.45. The molecule has 0 unspecified atom stereocenters. The van der Waals surface area contributed by atoms with Crippen LogP contribution >= 0.6 is 35.0 Å². The molecule has 38 heavy (non-hydrogen) atoms. The number of nitrogens with one attached hydrogen (secondary N) is 2. The van der Waals surface area contributed by atoms with E-state index in [-0.39, 0.29) is 18.0 Å². The lowest BCUT2D eigenvalue weighted by molar-refractivity contribution is -0.121. The van der Waals surface area contributed by atoms with Gasteiger partial charge in [-0.05, 0) is 36.8 Å². The molecule has 12 heteroatoms. The van der Waals surface area contributed by atoms with Crippen LogP contribution in [0.1, 0.15) is 11.1 Å². The van der Waals surface area contributed by atoms with Crippen molar-refractivity contribution in [2.24, 2.45) is 0 Å². The van der Waals surface area contributed by atoms with Crippen LogP contribution in [0.15, 0.2) is 82.8 Å². The first-order valence-electron chi connectivity index (χ1n) is 11.6. The molecule has 4 rings (SSSR count). The van der Waals surface area contributed by atoms with Gasteiger partial charge < -0.3 is 5.32 Å². The van der Waals surface area contributed by atoms with Crippen LogP contribution in [0, 0.1) is 6.92 Å². The van der Waals surface area contributed by atoms with Crippen LogP contribution in [-0.4, -0.2) is 52.7 Å². The fraction of sp³-hybridized carbons (Fsp3) is 0.192. The second-order valence-electron chi connectivity index (χ2n) is 8.37. The number of rotatable bonds is 11. The molecule has 2 N–H and O–H groups in total. The van der Waals surface area contributed by atoms with Crippen LogP contribution < -0.4 is 5.32 Å². The molecule has 8 nitrogen and oxygen atoms in total. The Morgan fingerprint density at radius 3 is 2.47 bits per heavy atom. The normalized spacial score (nSPS) is 11.6. The van der Waals surface area contributed by atoms with E-state index in [4.69, 9.17) is 23.2 Å². The van der Waals surface area contributed by atoms with Gasteiger partial charge in [-0.15, -0.1) is 5.10 Å². The predicted molar refractivity (Wildman–Crippen MR) is 151 cm³/mol. The van der Waals surface area contributed by atoms with Gasteiger partial charge in [-0.25, -0.2) is 13.4 Å². The number of aromatic amines is 1. The van der Waals surface area contributed by atoms with E-state index in [1.54, 1.807) is 30.3 Å². The van der Waals surface area contributed by atoms with E-state index < -0.39 is 15.9 Å². The van der Waals surface area contributed by atoms with Gasteiger partial charge in [0.15, 0.2) is 5.82 Å². The molecule has 0 radical (unpaired) electrons. The van der Waals surface area contributed by atoms with Gasteiger partial charge in [0.25, 0.3) is 0 Å². The van der Waals surface area contributed by atoms with E-state index in [0.717, 1.165) is 15.4 Å². The Hall–Kier alpha value is -2.89. The van der Waals surface area contributed by atoms with Crippen molar-refractivity contribution in [1.29, 1.82) is 0 Å². The molecular weight excluding hydrogens is 565 g/mol. The highest BCUT2D eigenvalue weighted by Crippen LogP contribution is 2.25. The number of nitrogens with zero attached hydrogens (tertiary/aromatic N) is 3. The molecule has 0 bridgehead atoms. The maximum atomic E-state index is 13.4. The summed E-state index contributed by atoms with van der Waals surface area (Å²) in [6, 6.07) is 21.0. The molecule has 0 aliphatic rings. The third kappa shape index (κ3) is 7.36. The SMILES string of the molecule is Cc1ccc(S(=O)(=O)N(CC(=O)NCCSc2n[nH]c(-c3ccccc3)n2)Cc2ccc(Cl)c(Cl)c2)cc1. The molecule has 0 atom stereocenters. The van der Waals surface area contributed by atoms with Crippen molar-refractivity contribution in [3.63, 3.8) is 0 Å². The third-order valence-electron chi connectivity index (χ3n) is 5.49. The lowest BCUT2D eigenvalue weighted by Crippen LogP contribution is -2.40. The summed E-state index contributed by atoms with van der Waals surface area (Å²) in [5.74, 6) is 0.743. The summed E-state index contributed by atoms with van der Waals surface area (Å²) in [6.45, 7) is 1.77. The van der Waals surface area contributed by atoms with Gasteiger partial charge in [0.05, 0.1) is 21.5 Å². The molecule has 0 aliphatic carbocycles. The molecule has 1 aromatic heterocycles. The Morgan fingerprint density at radius 1 is 1.03 bits per heavy atom. The topological polar surface area (TPSA) is 108 Å². The van der Waals surface area contributed by atoms with Gasteiger partial charge in [-0.3, -0.25) is 9.89 Å². The molecule has 0 aliphatic heterocycles. The average Bonchev–Trinajstić information content (AvgIpc) is 3.38. The van der Waals surface area contributed by atoms with E-state index in [0.29, 0.717) is 38.9 Å². The number of hydrogen-bond acceptors (Lipinski definition) is 6. The van der Waals surface area contributed by atoms with Crippen molar-refractivity contribution in [2.75, 3.05) is 18.8 Å². The number of aromatic nitrogens is 3. The van der Waals surface area contributed by atoms with Crippen LogP contribution in [0.25, 0.3) is 11.4 Å². The predicted octanol–water partition coefficient (Wildman–Crippen LogP) is 5.19. The van der Waals surface area contributed by atoms with Gasteiger partial charge in [0.1, 0.15) is 0 Å². The Bertz CT molecular complexity index is 1500. The summed E-state index contributed by atoms with van der Waals surface area (Å²) in [5.41, 5.74) is 2.46. The fourth-order valence-corrected chi connectivity index (χ4v) is 5.87. The molecular formula is C26H25Cl2N5O3S2. The zero-order chi connectivity index (χ0) is 27.1. The Labute approximate surface area is 235 Å². The number of carbonyl (C=O) groups is 1. The summed E-state index contributed by atoms with van der Waals surface area (Å²) in [5, 5.41) is 11.1. The zero-order valence-corrected chi connectivity index (χ0v) is 23.5. The minimum Gasteiger partial charge on any atom is -0.354 e. The molecule has 4 aromatic rings. The Balaban J connectivity index is 1.38. The number of thioether (sulfide) groups is 1. The minimum absolute atomic E-state index is 0.0469. The fourth-order valence-electron chi connectivity index (χ4n) is 3.51. The van der Waals surface area contributed by atoms with Crippen LogP contribution in [0.4, 0.5) is 0 Å². The summed E-state index contributed by atoms with van der Waals surface area (Å²) in [4.78, 5) is 17.3. The second kappa shape index (κ2) is 12.8. The number of sulfonamides is 1. The summed E-state index contributed by atoms with van der Waals surface area (Å²) in [7, 11) is -3.96. The van der Waals surface area contributed by atoms with E-state index in [1.807, 2.05) is 37.3 Å². The standard InChI is InChI=1S/C26H25Cl2N5O3S2/c1-18-7-10-21(11-8-18)38(35,36)33(16-19-9-12-22(27)23(28)15-19)17-24(34)29-13-14-37-26-30-25(31-32-26)20-5-3-2-4-6-20/h2-12,15H,13-14,16-17H2,1H3,(H,29,34)(H,30,31,32). The first-order valence-corrected chi connectivity index (χ1v) is 14.8. The quantitative estimate of drug-likeness (QED) is 0.184. The van der Waals surface area contributed by atoms with Crippen LogP contribution in [-0.2, 0) is 21.4 Å². The monoisotopic (exact) mass is 589 g/mol. The molecule has 0 spiro atoms. The van der Waals surface area contributed by atoms with Crippen LogP contribution in [0.2, 0.25) is 10.0 Å². The molecule has 0 fully saturated rings. The number of carbonyl (C=O) groups excluding carboxylic acids is 1. The number of benzene rings is 3. The van der Waals surface area contributed by atoms with E-state index in [1.165, 1.54) is 23.9 Å². The minimum atomic E-state index is -3.96. The van der Waals surface area contributed by atoms with E-state index >= 15 is 0 Å². The number of halogens is 2. The number of hydrogen-bond donors (Lipinski definition) is 2. The van der Waals surface area contributed by atoms with Crippen LogP contribution in [0.3, 0.4) is 0 Å². The van der Waals surface area contributed by atoms with Crippen molar-refractivity contribution in [2.45, 2.75) is 23.5 Å². The van der Waals surface area contributed by atoms with Crippen molar-refractivity contribution < 1.29 is 13.2 Å². The van der Waals surface area contributed by atoms with Gasteiger partial charge in [0.2, 0.25) is 21.1 Å². The van der Waals surface area contributed by atoms with Gasteiger partial charge >= 0.3 is 0 Å². The zero-order valence-electron chi connectivity index (χ0n) is 20.4. The van der Waals surface area contributed by atoms with Crippen molar-refractivity contribution in [1.82, 2.24) is 24.8 Å². The van der Waals surface area contributed by atoms with Gasteiger partial charge in [-0.2, -0.15) is 4.31 Å². The summed E-state index contributed by atoms with van der Waals surface area (Å²) in [6.07, 6.45) is 0. The first-order chi connectivity index (χ1) is 18.2. The van der Waals surface area contributed by atoms with Gasteiger partial charge in [-0.1, -0.05) is 89.1 Å². The number of aryl methyl sites for hydroxylation is 1. The van der Waals surface area contributed by atoms with Crippen molar-refractivity contribution in [3.8, 4) is 11.4 Å². The van der Waals surface area contributed by atoms with Crippen LogP contribution in [0.5, 0.6) is 0 Å².